The van der Waals surface area contributed by atoms with E-state index in [0.717, 1.165) is 0 Å². The number of rotatable bonds is 2. The molecule has 5 nitrogen and oxygen atoms in total. The normalized spacial score (nSPS) is 17.6. The van der Waals surface area contributed by atoms with E-state index in [1.807, 2.05) is 27.7 Å². The van der Waals surface area contributed by atoms with Crippen LogP contribution in [0.2, 0.25) is 0 Å². The highest BCUT2D eigenvalue weighted by Crippen LogP contribution is 2.40. The summed E-state index contributed by atoms with van der Waals surface area (Å²) in [6, 6.07) is 9.18. The lowest BCUT2D eigenvalue weighted by atomic mass is 10.2. The maximum absolute atomic E-state index is 12.6. The summed E-state index contributed by atoms with van der Waals surface area (Å²) in [5.41, 5.74) is 0.344. The van der Waals surface area contributed by atoms with Crippen molar-refractivity contribution in [2.24, 2.45) is 0 Å². The Morgan fingerprint density at radius 2 is 1.62 bits per heavy atom. The van der Waals surface area contributed by atoms with Crippen LogP contribution in [0.4, 0.5) is 0 Å². The fourth-order valence-corrected chi connectivity index (χ4v) is 6.63. The molecule has 1 aromatic heterocycles. The molecule has 0 spiro atoms. The van der Waals surface area contributed by atoms with Crippen LogP contribution in [-0.2, 0) is 19.7 Å². The highest BCUT2D eigenvalue weighted by atomic mass is 32.2. The molecule has 0 aliphatic carbocycles. The van der Waals surface area contributed by atoms with Crippen molar-refractivity contribution in [3.63, 3.8) is 0 Å². The highest BCUT2D eigenvalue weighted by Gasteiger charge is 2.42. The van der Waals surface area contributed by atoms with Gasteiger partial charge >= 0.3 is 0 Å². The third-order valence-electron chi connectivity index (χ3n) is 3.31. The van der Waals surface area contributed by atoms with Gasteiger partial charge in [-0.1, -0.05) is 45.9 Å². The molecule has 0 fully saturated rings. The van der Waals surface area contributed by atoms with Crippen LogP contribution >= 0.6 is 0 Å². The Morgan fingerprint density at radius 1 is 1.00 bits per heavy atom. The Labute approximate surface area is 144 Å². The smallest absolute Gasteiger partial charge is 0.187 e. The zero-order valence-electron chi connectivity index (χ0n) is 14.3. The molecular formula is C17H23NO4S2. The van der Waals surface area contributed by atoms with Crippen molar-refractivity contribution < 1.29 is 16.8 Å². The lowest BCUT2D eigenvalue weighted by Gasteiger charge is -2.11. The fraction of sp³-hybridized carbons (Fsp3) is 0.353. The molecule has 7 heteroatoms. The van der Waals surface area contributed by atoms with Gasteiger partial charge in [-0.25, -0.2) is 16.8 Å². The van der Waals surface area contributed by atoms with E-state index < -0.39 is 30.7 Å². The Bertz CT molecular complexity index is 860. The molecule has 1 unspecified atom stereocenters. The minimum absolute atomic E-state index is 0.0388. The van der Waals surface area contributed by atoms with E-state index in [-0.39, 0.29) is 9.79 Å². The van der Waals surface area contributed by atoms with E-state index in [0.29, 0.717) is 5.56 Å². The summed E-state index contributed by atoms with van der Waals surface area (Å²) < 4.78 is 49.3. The lowest BCUT2D eigenvalue weighted by Crippen LogP contribution is -2.15. The minimum Gasteiger partial charge on any atom is -0.263 e. The Morgan fingerprint density at radius 3 is 2.21 bits per heavy atom. The maximum atomic E-state index is 12.6. The molecule has 0 N–H and O–H groups in total. The standard InChI is InChI=1S/C13H11NO4S2.2C2H6/c15-19(16)9-13(11-5-1-2-6-12(11)19)20(17,18)10-4-3-7-14-8-10;2*1-2/h1-8,13H,9H2;2*1-2H3. The SMILES string of the molecule is CC.CC.O=S1(=O)CC(S(=O)(=O)c2cccnc2)c2ccccc21. The third kappa shape index (κ3) is 3.84. The first kappa shape index (κ1) is 20.3. The van der Waals surface area contributed by atoms with Gasteiger partial charge in [-0.3, -0.25) is 4.98 Å². The van der Waals surface area contributed by atoms with E-state index in [9.17, 15) is 16.8 Å². The summed E-state index contributed by atoms with van der Waals surface area (Å²) in [5, 5.41) is -1.06. The van der Waals surface area contributed by atoms with Crippen LogP contribution < -0.4 is 0 Å². The molecule has 2 aromatic rings. The monoisotopic (exact) mass is 369 g/mol. The average Bonchev–Trinajstić information content (AvgIpc) is 2.92. The van der Waals surface area contributed by atoms with Gasteiger partial charge in [0, 0.05) is 12.4 Å². The predicted octanol–water partition coefficient (Wildman–Crippen LogP) is 3.44. The number of hydrogen-bond donors (Lipinski definition) is 0. The first-order valence-corrected chi connectivity index (χ1v) is 11.1. The number of fused-ring (bicyclic) bond motifs is 1. The van der Waals surface area contributed by atoms with E-state index in [1.54, 1.807) is 18.2 Å². The third-order valence-corrected chi connectivity index (χ3v) is 7.40. The van der Waals surface area contributed by atoms with E-state index in [1.165, 1.54) is 30.6 Å². The van der Waals surface area contributed by atoms with Gasteiger partial charge in [-0.2, -0.15) is 0 Å². The van der Waals surface area contributed by atoms with Crippen molar-refractivity contribution in [1.29, 1.82) is 0 Å². The van der Waals surface area contributed by atoms with Gasteiger partial charge in [0.05, 0.1) is 15.5 Å². The number of benzene rings is 1. The zero-order valence-corrected chi connectivity index (χ0v) is 15.9. The molecule has 132 valence electrons. The first-order valence-electron chi connectivity index (χ1n) is 7.88. The highest BCUT2D eigenvalue weighted by molar-refractivity contribution is 7.96. The van der Waals surface area contributed by atoms with Crippen LogP contribution in [0.5, 0.6) is 0 Å². The largest absolute Gasteiger partial charge is 0.263 e. The van der Waals surface area contributed by atoms with Gasteiger partial charge in [0.2, 0.25) is 0 Å². The number of aromatic nitrogens is 1. The van der Waals surface area contributed by atoms with Gasteiger partial charge in [0.15, 0.2) is 19.7 Å². The summed E-state index contributed by atoms with van der Waals surface area (Å²) in [6.07, 6.45) is 2.71. The van der Waals surface area contributed by atoms with Crippen LogP contribution in [0.25, 0.3) is 0 Å². The van der Waals surface area contributed by atoms with Crippen LogP contribution in [0.3, 0.4) is 0 Å². The molecule has 1 aromatic carbocycles. The molecule has 3 rings (SSSR count). The summed E-state index contributed by atoms with van der Waals surface area (Å²) in [6.45, 7) is 8.00. The van der Waals surface area contributed by atoms with E-state index >= 15 is 0 Å². The second-order valence-corrected chi connectivity index (χ2v) is 8.67. The molecule has 0 bridgehead atoms. The van der Waals surface area contributed by atoms with Crippen molar-refractivity contribution in [1.82, 2.24) is 4.98 Å². The predicted molar refractivity (Wildman–Crippen MR) is 95.4 cm³/mol. The Hall–Kier alpha value is -1.73. The lowest BCUT2D eigenvalue weighted by molar-refractivity contribution is 0.582. The van der Waals surface area contributed by atoms with Gasteiger partial charge in [-0.05, 0) is 23.8 Å². The maximum Gasteiger partial charge on any atom is 0.187 e. The van der Waals surface area contributed by atoms with E-state index in [2.05, 4.69) is 4.98 Å². The average molecular weight is 370 g/mol. The van der Waals surface area contributed by atoms with Gasteiger partial charge in [-0.15, -0.1) is 0 Å². The number of sulfone groups is 2. The topological polar surface area (TPSA) is 81.2 Å². The van der Waals surface area contributed by atoms with Gasteiger partial charge in [0.25, 0.3) is 0 Å². The van der Waals surface area contributed by atoms with Gasteiger partial charge in [0.1, 0.15) is 5.25 Å². The molecule has 24 heavy (non-hydrogen) atoms. The van der Waals surface area contributed by atoms with Crippen molar-refractivity contribution in [3.05, 3.63) is 54.4 Å². The Balaban J connectivity index is 0.000000671. The number of hydrogen-bond acceptors (Lipinski definition) is 5. The molecule has 0 saturated heterocycles. The number of pyridine rings is 1. The minimum atomic E-state index is -3.76. The molecule has 0 radical (unpaired) electrons. The van der Waals surface area contributed by atoms with Crippen LogP contribution in [0, 0.1) is 0 Å². The molecular weight excluding hydrogens is 346 g/mol. The van der Waals surface area contributed by atoms with Crippen LogP contribution in [0.15, 0.2) is 58.6 Å². The zero-order chi connectivity index (χ0) is 18.4. The molecule has 1 atom stereocenters. The molecule has 0 saturated carbocycles. The quantitative estimate of drug-likeness (QED) is 0.810. The second-order valence-electron chi connectivity index (χ2n) is 4.54. The molecule has 1 aliphatic rings. The Kier molecular flexibility index (Phi) is 7.10. The van der Waals surface area contributed by atoms with Crippen molar-refractivity contribution >= 4 is 19.7 Å². The molecule has 1 aliphatic heterocycles. The summed E-state index contributed by atoms with van der Waals surface area (Å²) in [4.78, 5) is 3.93. The molecule has 0 amide bonds. The summed E-state index contributed by atoms with van der Waals surface area (Å²) >= 11 is 0. The molecule has 2 heterocycles. The van der Waals surface area contributed by atoms with Crippen LogP contribution in [-0.4, -0.2) is 27.6 Å². The van der Waals surface area contributed by atoms with Crippen molar-refractivity contribution in [3.8, 4) is 0 Å². The van der Waals surface area contributed by atoms with Crippen LogP contribution in [0.1, 0.15) is 38.5 Å². The van der Waals surface area contributed by atoms with Crippen molar-refractivity contribution in [2.45, 2.75) is 42.7 Å². The van der Waals surface area contributed by atoms with Gasteiger partial charge < -0.3 is 0 Å². The summed E-state index contributed by atoms with van der Waals surface area (Å²) in [7, 11) is -7.31. The van der Waals surface area contributed by atoms with E-state index in [4.69, 9.17) is 0 Å². The fourth-order valence-electron chi connectivity index (χ4n) is 2.34. The first-order chi connectivity index (χ1) is 11.4. The van der Waals surface area contributed by atoms with Crippen molar-refractivity contribution in [2.75, 3.05) is 5.75 Å². The second kappa shape index (κ2) is 8.39. The summed E-state index contributed by atoms with van der Waals surface area (Å²) in [5.74, 6) is -0.413. The number of nitrogens with zero attached hydrogens (tertiary/aromatic N) is 1.